The fourth-order valence-electron chi connectivity index (χ4n) is 5.16. The zero-order valence-electron chi connectivity index (χ0n) is 12.9. The van der Waals surface area contributed by atoms with Crippen molar-refractivity contribution < 1.29 is 0 Å². The van der Waals surface area contributed by atoms with Gasteiger partial charge in [-0.3, -0.25) is 0 Å². The third-order valence-corrected chi connectivity index (χ3v) is 6.57. The van der Waals surface area contributed by atoms with Crippen LogP contribution in [0.2, 0.25) is 0 Å². The summed E-state index contributed by atoms with van der Waals surface area (Å²) in [6, 6.07) is 1.60. The molecule has 0 bridgehead atoms. The molecule has 1 nitrogen and oxygen atoms in total. The molecule has 19 heavy (non-hydrogen) atoms. The monoisotopic (exact) mass is 263 g/mol. The van der Waals surface area contributed by atoms with E-state index in [-0.39, 0.29) is 0 Å². The SMILES string of the molecule is C[C@H](NC1CCC2(CCCC2)CC1)C1CCCCC1. The average molecular weight is 263 g/mol. The zero-order chi connectivity index (χ0) is 13.1. The minimum absolute atomic E-state index is 0.767. The Morgan fingerprint density at radius 3 is 2.05 bits per heavy atom. The van der Waals surface area contributed by atoms with Gasteiger partial charge in [0.2, 0.25) is 0 Å². The number of hydrogen-bond acceptors (Lipinski definition) is 1. The Balaban J connectivity index is 1.43. The van der Waals surface area contributed by atoms with Crippen LogP contribution >= 0.6 is 0 Å². The smallest absolute Gasteiger partial charge is 0.00700 e. The van der Waals surface area contributed by atoms with E-state index in [0.717, 1.165) is 23.4 Å². The molecule has 0 saturated heterocycles. The molecule has 110 valence electrons. The second-order valence-corrected chi connectivity index (χ2v) is 7.83. The molecule has 0 aliphatic heterocycles. The van der Waals surface area contributed by atoms with Crippen LogP contribution in [0.1, 0.15) is 90.4 Å². The van der Waals surface area contributed by atoms with Crippen molar-refractivity contribution in [1.82, 2.24) is 5.32 Å². The molecule has 0 heterocycles. The molecule has 0 aromatic rings. The van der Waals surface area contributed by atoms with E-state index in [1.54, 1.807) is 0 Å². The summed E-state index contributed by atoms with van der Waals surface area (Å²) >= 11 is 0. The van der Waals surface area contributed by atoms with Gasteiger partial charge in [0.1, 0.15) is 0 Å². The highest BCUT2D eigenvalue weighted by atomic mass is 15.0. The second kappa shape index (κ2) is 6.16. The lowest BCUT2D eigenvalue weighted by atomic mass is 9.71. The van der Waals surface area contributed by atoms with Gasteiger partial charge in [0.15, 0.2) is 0 Å². The third-order valence-electron chi connectivity index (χ3n) is 6.57. The van der Waals surface area contributed by atoms with Crippen LogP contribution in [-0.4, -0.2) is 12.1 Å². The number of nitrogens with one attached hydrogen (secondary N) is 1. The van der Waals surface area contributed by atoms with E-state index in [1.165, 1.54) is 83.5 Å². The van der Waals surface area contributed by atoms with Gasteiger partial charge in [-0.25, -0.2) is 0 Å². The first-order valence-electron chi connectivity index (χ1n) is 9.04. The fraction of sp³-hybridized carbons (Fsp3) is 1.00. The van der Waals surface area contributed by atoms with Crippen LogP contribution in [0, 0.1) is 11.3 Å². The molecule has 3 aliphatic rings. The van der Waals surface area contributed by atoms with Crippen LogP contribution in [0.15, 0.2) is 0 Å². The highest BCUT2D eigenvalue weighted by Gasteiger charge is 2.37. The van der Waals surface area contributed by atoms with Gasteiger partial charge in [-0.15, -0.1) is 0 Å². The third kappa shape index (κ3) is 3.35. The Labute approximate surface area is 119 Å². The van der Waals surface area contributed by atoms with Crippen LogP contribution in [0.25, 0.3) is 0 Å². The van der Waals surface area contributed by atoms with E-state index in [9.17, 15) is 0 Å². The van der Waals surface area contributed by atoms with Crippen molar-refractivity contribution in [3.05, 3.63) is 0 Å². The van der Waals surface area contributed by atoms with Crippen molar-refractivity contribution in [2.75, 3.05) is 0 Å². The normalized spacial score (nSPS) is 30.8. The van der Waals surface area contributed by atoms with E-state index in [2.05, 4.69) is 12.2 Å². The molecular formula is C18H33N. The van der Waals surface area contributed by atoms with E-state index >= 15 is 0 Å². The van der Waals surface area contributed by atoms with Crippen LogP contribution in [0.5, 0.6) is 0 Å². The lowest BCUT2D eigenvalue weighted by molar-refractivity contribution is 0.152. The first kappa shape index (κ1) is 13.9. The van der Waals surface area contributed by atoms with Gasteiger partial charge in [0.25, 0.3) is 0 Å². The summed E-state index contributed by atoms with van der Waals surface area (Å²) in [7, 11) is 0. The van der Waals surface area contributed by atoms with E-state index in [4.69, 9.17) is 0 Å². The summed E-state index contributed by atoms with van der Waals surface area (Å²) in [6.45, 7) is 2.45. The van der Waals surface area contributed by atoms with Gasteiger partial charge in [-0.1, -0.05) is 32.1 Å². The topological polar surface area (TPSA) is 12.0 Å². The molecule has 0 amide bonds. The highest BCUT2D eigenvalue weighted by Crippen LogP contribution is 2.49. The van der Waals surface area contributed by atoms with Crippen molar-refractivity contribution in [1.29, 1.82) is 0 Å². The van der Waals surface area contributed by atoms with E-state index in [1.807, 2.05) is 0 Å². The molecule has 3 saturated carbocycles. The lowest BCUT2D eigenvalue weighted by Gasteiger charge is -2.40. The van der Waals surface area contributed by atoms with Crippen LogP contribution in [0.3, 0.4) is 0 Å². The van der Waals surface area contributed by atoms with Gasteiger partial charge >= 0.3 is 0 Å². The average Bonchev–Trinajstić information content (AvgIpc) is 2.91. The van der Waals surface area contributed by atoms with Gasteiger partial charge < -0.3 is 5.32 Å². The Kier molecular flexibility index (Phi) is 4.51. The summed E-state index contributed by atoms with van der Waals surface area (Å²) < 4.78 is 0. The molecule has 3 rings (SSSR count). The van der Waals surface area contributed by atoms with Crippen LogP contribution in [0.4, 0.5) is 0 Å². The maximum atomic E-state index is 3.99. The van der Waals surface area contributed by atoms with Crippen molar-refractivity contribution in [3.63, 3.8) is 0 Å². The predicted molar refractivity (Wildman–Crippen MR) is 82.3 cm³/mol. The Morgan fingerprint density at radius 1 is 0.789 bits per heavy atom. The lowest BCUT2D eigenvalue weighted by Crippen LogP contribution is -2.44. The Bertz CT molecular complexity index is 263. The predicted octanol–water partition coefficient (Wildman–Crippen LogP) is 5.05. The molecular weight excluding hydrogens is 230 g/mol. The summed E-state index contributed by atoms with van der Waals surface area (Å²) in [4.78, 5) is 0. The molecule has 1 spiro atoms. The molecule has 0 unspecified atom stereocenters. The molecule has 3 aliphatic carbocycles. The van der Waals surface area contributed by atoms with Gasteiger partial charge in [-0.05, 0) is 69.6 Å². The largest absolute Gasteiger partial charge is 0.311 e. The number of hydrogen-bond donors (Lipinski definition) is 1. The fourth-order valence-corrected chi connectivity index (χ4v) is 5.16. The summed E-state index contributed by atoms with van der Waals surface area (Å²) in [5.41, 5.74) is 0.798. The van der Waals surface area contributed by atoms with E-state index < -0.39 is 0 Å². The summed E-state index contributed by atoms with van der Waals surface area (Å²) in [5, 5.41) is 3.99. The van der Waals surface area contributed by atoms with Gasteiger partial charge in [0.05, 0.1) is 0 Å². The van der Waals surface area contributed by atoms with Crippen LogP contribution < -0.4 is 5.32 Å². The molecule has 0 aromatic carbocycles. The highest BCUT2D eigenvalue weighted by molar-refractivity contribution is 4.92. The molecule has 0 aromatic heterocycles. The van der Waals surface area contributed by atoms with Crippen LogP contribution in [-0.2, 0) is 0 Å². The standard InChI is InChI=1S/C18H33N/c1-15(16-7-3-2-4-8-16)19-17-9-13-18(14-10-17)11-5-6-12-18/h15-17,19H,2-14H2,1H3/t15-/m0/s1. The quantitative estimate of drug-likeness (QED) is 0.751. The molecule has 1 atom stereocenters. The Morgan fingerprint density at radius 2 is 1.42 bits per heavy atom. The van der Waals surface area contributed by atoms with Gasteiger partial charge in [0, 0.05) is 12.1 Å². The first-order chi connectivity index (χ1) is 9.27. The number of rotatable bonds is 3. The maximum Gasteiger partial charge on any atom is 0.00700 e. The van der Waals surface area contributed by atoms with Gasteiger partial charge in [-0.2, -0.15) is 0 Å². The van der Waals surface area contributed by atoms with E-state index in [0.29, 0.717) is 0 Å². The maximum absolute atomic E-state index is 3.99. The second-order valence-electron chi connectivity index (χ2n) is 7.83. The zero-order valence-corrected chi connectivity index (χ0v) is 12.9. The van der Waals surface area contributed by atoms with Crippen molar-refractivity contribution in [3.8, 4) is 0 Å². The Hall–Kier alpha value is -0.0400. The van der Waals surface area contributed by atoms with Crippen molar-refractivity contribution in [2.45, 2.75) is 102 Å². The van der Waals surface area contributed by atoms with Crippen molar-refractivity contribution >= 4 is 0 Å². The molecule has 1 N–H and O–H groups in total. The summed E-state index contributed by atoms with van der Waals surface area (Å²) in [6.07, 6.45) is 19.4. The molecule has 0 radical (unpaired) electrons. The minimum Gasteiger partial charge on any atom is -0.311 e. The first-order valence-corrected chi connectivity index (χ1v) is 9.04. The minimum atomic E-state index is 0.767. The van der Waals surface area contributed by atoms with Crippen molar-refractivity contribution in [2.24, 2.45) is 11.3 Å². The molecule has 3 fully saturated rings. The molecule has 1 heteroatoms. The summed E-state index contributed by atoms with van der Waals surface area (Å²) in [5.74, 6) is 0.969.